The lowest BCUT2D eigenvalue weighted by Gasteiger charge is -2.09. The second-order valence-electron chi connectivity index (χ2n) is 12.1. The van der Waals surface area contributed by atoms with Crippen molar-refractivity contribution in [2.75, 3.05) is 145 Å². The Morgan fingerprint density at radius 2 is 0.686 bits per heavy atom. The van der Waals surface area contributed by atoms with Crippen molar-refractivity contribution in [3.05, 3.63) is 29.8 Å². The third kappa shape index (κ3) is 36.7. The van der Waals surface area contributed by atoms with Gasteiger partial charge >= 0.3 is 0 Å². The fourth-order valence-corrected chi connectivity index (χ4v) is 4.50. The maximum absolute atomic E-state index is 5.78. The molecule has 0 aliphatic heterocycles. The monoisotopic (exact) mass is 733 g/mol. The van der Waals surface area contributed by atoms with E-state index in [2.05, 4.69) is 31.2 Å². The van der Waals surface area contributed by atoms with Crippen molar-refractivity contribution in [3.63, 3.8) is 0 Å². The van der Waals surface area contributed by atoms with Crippen LogP contribution in [0.15, 0.2) is 24.3 Å². The van der Waals surface area contributed by atoms with E-state index in [1.54, 1.807) is 0 Å². The van der Waals surface area contributed by atoms with Crippen molar-refractivity contribution >= 4 is 0 Å². The minimum absolute atomic E-state index is 0.231. The molecule has 0 spiro atoms. The van der Waals surface area contributed by atoms with Gasteiger partial charge in [0.15, 0.2) is 0 Å². The van der Waals surface area contributed by atoms with Crippen molar-refractivity contribution in [2.45, 2.75) is 71.8 Å². The molecule has 51 heavy (non-hydrogen) atoms. The Kier molecular flexibility index (Phi) is 37.1. The molecule has 300 valence electrons. The molecule has 0 radical (unpaired) electrons. The van der Waals surface area contributed by atoms with E-state index in [-0.39, 0.29) is 6.10 Å². The number of hydrogen-bond acceptors (Lipinski definition) is 12. The number of rotatable bonds is 42. The van der Waals surface area contributed by atoms with Gasteiger partial charge in [0.25, 0.3) is 0 Å². The Bertz CT molecular complexity index is 799. The quantitative estimate of drug-likeness (QED) is 0.0786. The maximum atomic E-state index is 5.78. The van der Waals surface area contributed by atoms with Crippen LogP contribution in [0.2, 0.25) is 0 Å². The maximum Gasteiger partial charge on any atom is 0.119 e. The van der Waals surface area contributed by atoms with E-state index in [0.29, 0.717) is 145 Å². The lowest BCUT2D eigenvalue weighted by atomic mass is 10.0. The van der Waals surface area contributed by atoms with Crippen LogP contribution in [-0.4, -0.2) is 151 Å². The molecule has 0 saturated heterocycles. The van der Waals surface area contributed by atoms with Crippen molar-refractivity contribution in [1.29, 1.82) is 0 Å². The number of hydrogen-bond donors (Lipinski definition) is 0. The summed E-state index contributed by atoms with van der Waals surface area (Å²) in [5, 5.41) is 0. The van der Waals surface area contributed by atoms with E-state index in [0.717, 1.165) is 12.2 Å². The highest BCUT2D eigenvalue weighted by Gasteiger charge is 1.99. The number of aryl methyl sites for hydroxylation is 1. The van der Waals surface area contributed by atoms with Gasteiger partial charge in [-0.3, -0.25) is 0 Å². The van der Waals surface area contributed by atoms with Gasteiger partial charge in [0.2, 0.25) is 0 Å². The Labute approximate surface area is 309 Å². The third-order valence-electron chi connectivity index (χ3n) is 7.27. The topological polar surface area (TPSA) is 111 Å². The zero-order valence-corrected chi connectivity index (χ0v) is 32.3. The van der Waals surface area contributed by atoms with E-state index in [9.17, 15) is 0 Å². The van der Waals surface area contributed by atoms with Crippen LogP contribution in [0.3, 0.4) is 0 Å². The van der Waals surface area contributed by atoms with Crippen molar-refractivity contribution in [2.24, 2.45) is 0 Å². The normalized spacial score (nSPS) is 11.6. The van der Waals surface area contributed by atoms with Gasteiger partial charge < -0.3 is 56.8 Å². The number of unbranched alkanes of at least 4 members (excludes halogenated alkanes) is 5. The zero-order valence-electron chi connectivity index (χ0n) is 32.3. The highest BCUT2D eigenvalue weighted by molar-refractivity contribution is 5.27. The molecule has 12 nitrogen and oxygen atoms in total. The van der Waals surface area contributed by atoms with Gasteiger partial charge in [-0.2, -0.15) is 0 Å². The van der Waals surface area contributed by atoms with Gasteiger partial charge in [0, 0.05) is 0 Å². The lowest BCUT2D eigenvalue weighted by molar-refractivity contribution is -0.0288. The summed E-state index contributed by atoms with van der Waals surface area (Å²) >= 11 is 0. The summed E-state index contributed by atoms with van der Waals surface area (Å²) < 4.78 is 66.2. The van der Waals surface area contributed by atoms with Gasteiger partial charge in [-0.15, -0.1) is 0 Å². The molecule has 0 amide bonds. The predicted octanol–water partition coefficient (Wildman–Crippen LogP) is 5.56. The average Bonchev–Trinajstić information content (AvgIpc) is 3.13. The largest absolute Gasteiger partial charge is 0.491 e. The Morgan fingerprint density at radius 3 is 1.04 bits per heavy atom. The second-order valence-corrected chi connectivity index (χ2v) is 12.1. The van der Waals surface area contributed by atoms with Gasteiger partial charge in [-0.05, 0) is 44.4 Å². The second kappa shape index (κ2) is 39.8. The molecule has 0 aliphatic rings. The fourth-order valence-electron chi connectivity index (χ4n) is 4.50. The highest BCUT2D eigenvalue weighted by atomic mass is 16.6. The first kappa shape index (κ1) is 47.6. The van der Waals surface area contributed by atoms with E-state index < -0.39 is 0 Å². The SMILES string of the molecule is CCCCCCCCc1ccc(OCCOCCOCCOCCOCCOCCOCCOCCOCCOCCOCCOC(C)C)cc1. The summed E-state index contributed by atoms with van der Waals surface area (Å²) in [6.45, 7) is 18.0. The van der Waals surface area contributed by atoms with Crippen LogP contribution in [0.25, 0.3) is 0 Å². The molecule has 0 fully saturated rings. The van der Waals surface area contributed by atoms with Gasteiger partial charge in [-0.1, -0.05) is 51.2 Å². The molecule has 0 atom stereocenters. The van der Waals surface area contributed by atoms with Gasteiger partial charge in [0.05, 0.1) is 145 Å². The number of benzene rings is 1. The number of ether oxygens (including phenoxy) is 12. The minimum atomic E-state index is 0.231. The Hall–Kier alpha value is -1.42. The first-order valence-electron chi connectivity index (χ1n) is 19.3. The molecule has 12 heteroatoms. The van der Waals surface area contributed by atoms with Crippen molar-refractivity contribution in [3.8, 4) is 5.75 Å². The molecule has 0 heterocycles. The van der Waals surface area contributed by atoms with E-state index in [4.69, 9.17) is 56.8 Å². The summed E-state index contributed by atoms with van der Waals surface area (Å²) in [6.07, 6.45) is 9.32. The van der Waals surface area contributed by atoms with E-state index >= 15 is 0 Å². The standard InChI is InChI=1S/C39H72O12/c1-4-5-6-7-8-9-10-38-11-13-39(14-12-38)51-36-34-49-32-30-47-28-26-45-24-22-43-20-18-41-16-15-40-17-19-42-21-23-44-25-27-46-29-31-48-33-35-50-37(2)3/h11-14,37H,4-10,15-36H2,1-3H3. The van der Waals surface area contributed by atoms with Crippen LogP contribution in [-0.2, 0) is 58.5 Å². The third-order valence-corrected chi connectivity index (χ3v) is 7.27. The molecule has 1 aromatic carbocycles. The van der Waals surface area contributed by atoms with Gasteiger partial charge in [-0.25, -0.2) is 0 Å². The molecule has 0 N–H and O–H groups in total. The molecular formula is C39H72O12. The van der Waals surface area contributed by atoms with Gasteiger partial charge in [0.1, 0.15) is 12.4 Å². The average molecular weight is 733 g/mol. The summed E-state index contributed by atoms with van der Waals surface area (Å²) in [5.41, 5.74) is 1.38. The molecular weight excluding hydrogens is 660 g/mol. The predicted molar refractivity (Wildman–Crippen MR) is 198 cm³/mol. The van der Waals surface area contributed by atoms with E-state index in [1.807, 2.05) is 13.8 Å². The summed E-state index contributed by atoms with van der Waals surface area (Å²) in [4.78, 5) is 0. The molecule has 0 aromatic heterocycles. The van der Waals surface area contributed by atoms with Crippen LogP contribution in [0.5, 0.6) is 5.75 Å². The molecule has 0 aliphatic carbocycles. The summed E-state index contributed by atoms with van der Waals surface area (Å²) in [6, 6.07) is 8.44. The molecule has 0 bridgehead atoms. The molecule has 0 unspecified atom stereocenters. The molecule has 1 rings (SSSR count). The fraction of sp³-hybridized carbons (Fsp3) is 0.846. The van der Waals surface area contributed by atoms with Crippen LogP contribution in [0.4, 0.5) is 0 Å². The van der Waals surface area contributed by atoms with Crippen LogP contribution in [0.1, 0.15) is 64.9 Å². The van der Waals surface area contributed by atoms with Crippen LogP contribution < -0.4 is 4.74 Å². The Morgan fingerprint density at radius 1 is 0.373 bits per heavy atom. The molecule has 1 aromatic rings. The smallest absolute Gasteiger partial charge is 0.119 e. The van der Waals surface area contributed by atoms with Crippen molar-refractivity contribution < 1.29 is 56.8 Å². The van der Waals surface area contributed by atoms with Crippen LogP contribution in [0, 0.1) is 0 Å². The first-order valence-corrected chi connectivity index (χ1v) is 19.3. The highest BCUT2D eigenvalue weighted by Crippen LogP contribution is 2.15. The Balaban J connectivity index is 1.68. The lowest BCUT2D eigenvalue weighted by Crippen LogP contribution is -2.15. The van der Waals surface area contributed by atoms with Crippen molar-refractivity contribution in [1.82, 2.24) is 0 Å². The first-order chi connectivity index (χ1) is 25.2. The van der Waals surface area contributed by atoms with E-state index in [1.165, 1.54) is 44.1 Å². The zero-order chi connectivity index (χ0) is 36.6. The van der Waals surface area contributed by atoms with Crippen LogP contribution >= 0.6 is 0 Å². The summed E-state index contributed by atoms with van der Waals surface area (Å²) in [7, 11) is 0. The minimum Gasteiger partial charge on any atom is -0.491 e. The summed E-state index contributed by atoms with van der Waals surface area (Å²) in [5.74, 6) is 0.886. The molecule has 0 saturated carbocycles.